The van der Waals surface area contributed by atoms with Crippen LogP contribution in [0, 0.1) is 0 Å². The summed E-state index contributed by atoms with van der Waals surface area (Å²) in [6, 6.07) is 8.25. The van der Waals surface area contributed by atoms with Crippen molar-refractivity contribution in [3.05, 3.63) is 52.6 Å². The van der Waals surface area contributed by atoms with E-state index in [0.717, 1.165) is 29.0 Å². The molecule has 0 spiro atoms. The molecule has 0 saturated heterocycles. The van der Waals surface area contributed by atoms with Crippen LogP contribution in [0.4, 0.5) is 5.82 Å². The number of hydrogen-bond donors (Lipinski definition) is 1. The molecule has 3 aromatic rings. The number of aromatic nitrogens is 2. The van der Waals surface area contributed by atoms with Crippen molar-refractivity contribution in [3.63, 3.8) is 0 Å². The Morgan fingerprint density at radius 2 is 2.00 bits per heavy atom. The Hall–Kier alpha value is -1.98. The Bertz CT molecular complexity index is 709. The second kappa shape index (κ2) is 5.56. The number of nitrogens with zero attached hydrogens (tertiary/aromatic N) is 3. The van der Waals surface area contributed by atoms with E-state index in [-0.39, 0.29) is 0 Å². The first-order chi connectivity index (χ1) is 9.79. The van der Waals surface area contributed by atoms with E-state index in [1.807, 2.05) is 30.9 Å². The molecule has 0 unspecified atom stereocenters. The first kappa shape index (κ1) is 13.0. The van der Waals surface area contributed by atoms with Gasteiger partial charge >= 0.3 is 0 Å². The SMILES string of the molecule is CN(Cc1cscn1)c1ncc(CN)c2ccccc12. The molecule has 0 radical (unpaired) electrons. The quantitative estimate of drug-likeness (QED) is 0.800. The van der Waals surface area contributed by atoms with E-state index < -0.39 is 0 Å². The predicted octanol–water partition coefficient (Wildman–Crippen LogP) is 2.79. The fourth-order valence-corrected chi connectivity index (χ4v) is 2.89. The smallest absolute Gasteiger partial charge is 0.136 e. The van der Waals surface area contributed by atoms with Crippen LogP contribution in [-0.4, -0.2) is 17.0 Å². The molecule has 3 rings (SSSR count). The summed E-state index contributed by atoms with van der Waals surface area (Å²) in [6.45, 7) is 1.26. The van der Waals surface area contributed by atoms with Crippen LogP contribution < -0.4 is 10.6 Å². The van der Waals surface area contributed by atoms with Gasteiger partial charge in [0.05, 0.1) is 17.7 Å². The standard InChI is InChI=1S/C15H16N4S/c1-19(8-12-9-20-10-18-12)15-14-5-3-2-4-13(14)11(6-16)7-17-15/h2-5,7,9-10H,6,8,16H2,1H3. The Kier molecular flexibility index (Phi) is 3.62. The normalized spacial score (nSPS) is 10.9. The maximum atomic E-state index is 5.79. The summed E-state index contributed by atoms with van der Waals surface area (Å²) in [7, 11) is 2.04. The zero-order valence-electron chi connectivity index (χ0n) is 11.3. The Morgan fingerprint density at radius 1 is 1.20 bits per heavy atom. The number of thiazole rings is 1. The molecule has 2 N–H and O–H groups in total. The lowest BCUT2D eigenvalue weighted by Gasteiger charge is -2.20. The monoisotopic (exact) mass is 284 g/mol. The average Bonchev–Trinajstić information content (AvgIpc) is 2.99. The highest BCUT2D eigenvalue weighted by atomic mass is 32.1. The Morgan fingerprint density at radius 3 is 2.70 bits per heavy atom. The summed E-state index contributed by atoms with van der Waals surface area (Å²) >= 11 is 1.61. The van der Waals surface area contributed by atoms with Gasteiger partial charge in [0.15, 0.2) is 0 Å². The summed E-state index contributed by atoms with van der Waals surface area (Å²) < 4.78 is 0. The first-order valence-electron chi connectivity index (χ1n) is 6.44. The number of hydrogen-bond acceptors (Lipinski definition) is 5. The maximum absolute atomic E-state index is 5.79. The van der Waals surface area contributed by atoms with Crippen molar-refractivity contribution < 1.29 is 0 Å². The molecule has 0 saturated carbocycles. The van der Waals surface area contributed by atoms with E-state index in [1.165, 1.54) is 5.39 Å². The molecule has 1 aromatic carbocycles. The van der Waals surface area contributed by atoms with Gasteiger partial charge in [0.25, 0.3) is 0 Å². The lowest BCUT2D eigenvalue weighted by Crippen LogP contribution is -2.18. The number of nitrogens with two attached hydrogens (primary N) is 1. The zero-order chi connectivity index (χ0) is 13.9. The molecular weight excluding hydrogens is 268 g/mol. The van der Waals surface area contributed by atoms with Crippen molar-refractivity contribution in [2.24, 2.45) is 5.73 Å². The fraction of sp³-hybridized carbons (Fsp3) is 0.200. The minimum absolute atomic E-state index is 0.504. The van der Waals surface area contributed by atoms with Crippen molar-refractivity contribution in [2.75, 3.05) is 11.9 Å². The summed E-state index contributed by atoms with van der Waals surface area (Å²) in [5, 5.41) is 4.37. The molecule has 102 valence electrons. The Labute approximate surface area is 121 Å². The number of pyridine rings is 1. The molecule has 20 heavy (non-hydrogen) atoms. The molecule has 0 aliphatic heterocycles. The van der Waals surface area contributed by atoms with Crippen LogP contribution in [0.15, 0.2) is 41.4 Å². The molecule has 2 heterocycles. The van der Waals surface area contributed by atoms with Crippen LogP contribution in [0.1, 0.15) is 11.3 Å². The summed E-state index contributed by atoms with van der Waals surface area (Å²) in [5.74, 6) is 0.964. The van der Waals surface area contributed by atoms with Crippen LogP contribution in [0.2, 0.25) is 0 Å². The third-order valence-electron chi connectivity index (χ3n) is 3.32. The van der Waals surface area contributed by atoms with Crippen LogP contribution in [-0.2, 0) is 13.1 Å². The molecular formula is C15H16N4S. The molecule has 0 amide bonds. The van der Waals surface area contributed by atoms with Gasteiger partial charge in [0.2, 0.25) is 0 Å². The first-order valence-corrected chi connectivity index (χ1v) is 7.38. The van der Waals surface area contributed by atoms with Gasteiger partial charge in [0, 0.05) is 30.6 Å². The minimum atomic E-state index is 0.504. The second-order valence-corrected chi connectivity index (χ2v) is 5.41. The Balaban J connectivity index is 2.03. The molecule has 4 nitrogen and oxygen atoms in total. The number of benzene rings is 1. The topological polar surface area (TPSA) is 55.0 Å². The lowest BCUT2D eigenvalue weighted by molar-refractivity contribution is 0.877. The number of rotatable bonds is 4. The van der Waals surface area contributed by atoms with Gasteiger partial charge in [-0.05, 0) is 10.9 Å². The minimum Gasteiger partial charge on any atom is -0.353 e. The molecule has 5 heteroatoms. The summed E-state index contributed by atoms with van der Waals surface area (Å²) in [4.78, 5) is 11.0. The van der Waals surface area contributed by atoms with Crippen molar-refractivity contribution in [3.8, 4) is 0 Å². The van der Waals surface area contributed by atoms with Crippen LogP contribution in [0.25, 0.3) is 10.8 Å². The van der Waals surface area contributed by atoms with Gasteiger partial charge in [-0.25, -0.2) is 9.97 Å². The van der Waals surface area contributed by atoms with Crippen LogP contribution in [0.3, 0.4) is 0 Å². The average molecular weight is 284 g/mol. The van der Waals surface area contributed by atoms with Crippen LogP contribution in [0.5, 0.6) is 0 Å². The van der Waals surface area contributed by atoms with Gasteiger partial charge < -0.3 is 10.6 Å². The molecule has 0 atom stereocenters. The third-order valence-corrected chi connectivity index (χ3v) is 3.96. The van der Waals surface area contributed by atoms with Gasteiger partial charge in [0.1, 0.15) is 5.82 Å². The van der Waals surface area contributed by atoms with E-state index in [1.54, 1.807) is 11.3 Å². The largest absolute Gasteiger partial charge is 0.353 e. The van der Waals surface area contributed by atoms with E-state index in [2.05, 4.69) is 32.4 Å². The summed E-state index contributed by atoms with van der Waals surface area (Å²) in [5.41, 5.74) is 9.78. The predicted molar refractivity (Wildman–Crippen MR) is 83.9 cm³/mol. The molecule has 0 aliphatic carbocycles. The van der Waals surface area contributed by atoms with Gasteiger partial charge in [-0.1, -0.05) is 24.3 Å². The molecule has 2 aromatic heterocycles. The second-order valence-electron chi connectivity index (χ2n) is 4.69. The van der Waals surface area contributed by atoms with Crippen molar-refractivity contribution >= 4 is 27.9 Å². The molecule has 0 bridgehead atoms. The molecule has 0 fully saturated rings. The highest BCUT2D eigenvalue weighted by Crippen LogP contribution is 2.27. The van der Waals surface area contributed by atoms with E-state index in [4.69, 9.17) is 5.73 Å². The van der Waals surface area contributed by atoms with Crippen molar-refractivity contribution in [2.45, 2.75) is 13.1 Å². The highest BCUT2D eigenvalue weighted by molar-refractivity contribution is 7.07. The number of anilines is 1. The lowest BCUT2D eigenvalue weighted by atomic mass is 10.1. The van der Waals surface area contributed by atoms with Gasteiger partial charge in [-0.3, -0.25) is 0 Å². The summed E-state index contributed by atoms with van der Waals surface area (Å²) in [6.07, 6.45) is 1.87. The van der Waals surface area contributed by atoms with Gasteiger partial charge in [-0.15, -0.1) is 11.3 Å². The third kappa shape index (κ3) is 2.37. The fourth-order valence-electron chi connectivity index (χ4n) is 2.34. The van der Waals surface area contributed by atoms with E-state index in [0.29, 0.717) is 6.54 Å². The van der Waals surface area contributed by atoms with Crippen molar-refractivity contribution in [1.29, 1.82) is 0 Å². The zero-order valence-corrected chi connectivity index (χ0v) is 12.1. The maximum Gasteiger partial charge on any atom is 0.136 e. The molecule has 0 aliphatic rings. The van der Waals surface area contributed by atoms with Gasteiger partial charge in [-0.2, -0.15) is 0 Å². The van der Waals surface area contributed by atoms with E-state index in [9.17, 15) is 0 Å². The van der Waals surface area contributed by atoms with Crippen LogP contribution >= 0.6 is 11.3 Å². The van der Waals surface area contributed by atoms with E-state index >= 15 is 0 Å². The van der Waals surface area contributed by atoms with Crippen molar-refractivity contribution in [1.82, 2.24) is 9.97 Å². The highest BCUT2D eigenvalue weighted by Gasteiger charge is 2.11. The number of fused-ring (bicyclic) bond motifs is 1.